The van der Waals surface area contributed by atoms with E-state index < -0.39 is 29.1 Å². The maximum absolute atomic E-state index is 12.8. The molecule has 1 aromatic carbocycles. The highest BCUT2D eigenvalue weighted by Gasteiger charge is 2.35. The summed E-state index contributed by atoms with van der Waals surface area (Å²) in [4.78, 5) is 25.5. The van der Waals surface area contributed by atoms with Gasteiger partial charge in [-0.15, -0.1) is 0 Å². The van der Waals surface area contributed by atoms with Gasteiger partial charge in [-0.2, -0.15) is 13.2 Å². The lowest BCUT2D eigenvalue weighted by atomic mass is 9.82. The minimum Gasteiger partial charge on any atom is -0.347 e. The Morgan fingerprint density at radius 1 is 1.13 bits per heavy atom. The molecule has 0 aliphatic heterocycles. The Balaban J connectivity index is 3.02. The lowest BCUT2D eigenvalue weighted by Gasteiger charge is -2.27. The van der Waals surface area contributed by atoms with Crippen LogP contribution in [0.25, 0.3) is 0 Å². The topological polar surface area (TPSA) is 49.4 Å². The van der Waals surface area contributed by atoms with Crippen molar-refractivity contribution in [1.29, 1.82) is 0 Å². The summed E-state index contributed by atoms with van der Waals surface area (Å²) in [6.07, 6.45) is -4.48. The van der Waals surface area contributed by atoms with Gasteiger partial charge in [0, 0.05) is 14.1 Å². The van der Waals surface area contributed by atoms with Crippen molar-refractivity contribution in [2.75, 3.05) is 14.1 Å². The van der Waals surface area contributed by atoms with E-state index in [2.05, 4.69) is 5.32 Å². The maximum atomic E-state index is 12.8. The number of likely N-dealkylation sites (N-methyl/N-ethyl adjacent to an activating group) is 1. The summed E-state index contributed by atoms with van der Waals surface area (Å²) in [5.74, 6) is -0.808. The summed E-state index contributed by atoms with van der Waals surface area (Å²) < 4.78 is 38.4. The number of hydrogen-bond donors (Lipinski definition) is 1. The monoisotopic (exact) mass is 330 g/mol. The van der Waals surface area contributed by atoms with Gasteiger partial charge in [-0.25, -0.2) is 0 Å². The molecule has 0 saturated carbocycles. The molecule has 0 aromatic heterocycles. The average Bonchev–Trinajstić information content (AvgIpc) is 2.45. The standard InChI is InChI=1S/C16H21F3N2O2/c1-10(13(22)21(4)5)20-14(23)15(2,3)11-7-6-8-12(9-11)16(17,18)19/h6-10H,1-5H3,(H,20,23). The second-order valence-corrected chi connectivity index (χ2v) is 6.13. The molecule has 23 heavy (non-hydrogen) atoms. The van der Waals surface area contributed by atoms with Crippen molar-refractivity contribution in [3.63, 3.8) is 0 Å². The number of carbonyl (C=O) groups is 2. The number of nitrogens with one attached hydrogen (secondary N) is 1. The third-order valence-corrected chi connectivity index (χ3v) is 3.64. The summed E-state index contributed by atoms with van der Waals surface area (Å²) in [6.45, 7) is 4.57. The molecule has 1 aromatic rings. The molecule has 1 unspecified atom stereocenters. The SMILES string of the molecule is CC(NC(=O)C(C)(C)c1cccc(C(F)(F)F)c1)C(=O)N(C)C. The van der Waals surface area contributed by atoms with Crippen LogP contribution in [0.1, 0.15) is 31.9 Å². The maximum Gasteiger partial charge on any atom is 0.416 e. The first kappa shape index (κ1) is 19.0. The van der Waals surface area contributed by atoms with Gasteiger partial charge in [0.15, 0.2) is 0 Å². The fourth-order valence-electron chi connectivity index (χ4n) is 2.04. The number of alkyl halides is 3. The number of hydrogen-bond acceptors (Lipinski definition) is 2. The highest BCUT2D eigenvalue weighted by Crippen LogP contribution is 2.32. The Hall–Kier alpha value is -2.05. The third kappa shape index (κ3) is 4.46. The van der Waals surface area contributed by atoms with Crippen LogP contribution in [0, 0.1) is 0 Å². The molecule has 0 aliphatic rings. The van der Waals surface area contributed by atoms with Gasteiger partial charge in [0.05, 0.1) is 11.0 Å². The molecule has 1 N–H and O–H groups in total. The zero-order chi connectivity index (χ0) is 18.0. The Morgan fingerprint density at radius 3 is 2.13 bits per heavy atom. The van der Waals surface area contributed by atoms with Gasteiger partial charge >= 0.3 is 6.18 Å². The van der Waals surface area contributed by atoms with Crippen LogP contribution in [0.4, 0.5) is 13.2 Å². The predicted octanol–water partition coefficient (Wildman–Crippen LogP) is 2.58. The molecule has 128 valence electrons. The van der Waals surface area contributed by atoms with Crippen LogP contribution in [-0.2, 0) is 21.2 Å². The molecular weight excluding hydrogens is 309 g/mol. The fraction of sp³-hybridized carbons (Fsp3) is 0.500. The average molecular weight is 330 g/mol. The van der Waals surface area contributed by atoms with E-state index in [9.17, 15) is 22.8 Å². The van der Waals surface area contributed by atoms with Crippen LogP contribution in [0.15, 0.2) is 24.3 Å². The van der Waals surface area contributed by atoms with Gasteiger partial charge in [0.25, 0.3) is 0 Å². The molecule has 0 aliphatic carbocycles. The van der Waals surface area contributed by atoms with Gasteiger partial charge in [0.1, 0.15) is 6.04 Å². The molecular formula is C16H21F3N2O2. The molecule has 0 fully saturated rings. The van der Waals surface area contributed by atoms with Crippen molar-refractivity contribution < 1.29 is 22.8 Å². The summed E-state index contributed by atoms with van der Waals surface area (Å²) in [6, 6.07) is 3.88. The van der Waals surface area contributed by atoms with E-state index in [1.54, 1.807) is 14.1 Å². The van der Waals surface area contributed by atoms with Gasteiger partial charge in [0.2, 0.25) is 11.8 Å². The van der Waals surface area contributed by atoms with Crippen LogP contribution >= 0.6 is 0 Å². The zero-order valence-corrected chi connectivity index (χ0v) is 13.8. The van der Waals surface area contributed by atoms with Gasteiger partial charge < -0.3 is 10.2 Å². The normalized spacial score (nSPS) is 13.4. The Kier molecular flexibility index (Phi) is 5.45. The van der Waals surface area contributed by atoms with E-state index in [-0.39, 0.29) is 11.5 Å². The summed E-state index contributed by atoms with van der Waals surface area (Å²) in [7, 11) is 3.12. The first-order chi connectivity index (χ1) is 10.4. The van der Waals surface area contributed by atoms with Crippen LogP contribution < -0.4 is 5.32 Å². The quantitative estimate of drug-likeness (QED) is 0.922. The molecule has 7 heteroatoms. The molecule has 0 heterocycles. The third-order valence-electron chi connectivity index (χ3n) is 3.64. The van der Waals surface area contributed by atoms with E-state index in [4.69, 9.17) is 0 Å². The number of nitrogens with zero attached hydrogens (tertiary/aromatic N) is 1. The lowest BCUT2D eigenvalue weighted by Crippen LogP contribution is -2.49. The van der Waals surface area contributed by atoms with E-state index in [0.29, 0.717) is 0 Å². The molecule has 0 spiro atoms. The van der Waals surface area contributed by atoms with Gasteiger partial charge in [-0.05, 0) is 32.4 Å². The summed E-state index contributed by atoms with van der Waals surface area (Å²) in [5, 5.41) is 2.55. The predicted molar refractivity (Wildman–Crippen MR) is 80.8 cm³/mol. The van der Waals surface area contributed by atoms with Crippen molar-refractivity contribution in [3.05, 3.63) is 35.4 Å². The highest BCUT2D eigenvalue weighted by atomic mass is 19.4. The lowest BCUT2D eigenvalue weighted by molar-refractivity contribution is -0.138. The molecule has 0 radical (unpaired) electrons. The van der Waals surface area contributed by atoms with Crippen molar-refractivity contribution in [1.82, 2.24) is 10.2 Å². The number of benzene rings is 1. The smallest absolute Gasteiger partial charge is 0.347 e. The van der Waals surface area contributed by atoms with Crippen molar-refractivity contribution >= 4 is 11.8 Å². The van der Waals surface area contributed by atoms with Crippen LogP contribution in [0.5, 0.6) is 0 Å². The fourth-order valence-corrected chi connectivity index (χ4v) is 2.04. The second-order valence-electron chi connectivity index (χ2n) is 6.13. The Bertz CT molecular complexity index is 595. The van der Waals surface area contributed by atoms with Crippen molar-refractivity contribution in [3.8, 4) is 0 Å². The van der Waals surface area contributed by atoms with E-state index >= 15 is 0 Å². The highest BCUT2D eigenvalue weighted by molar-refractivity contribution is 5.92. The molecule has 4 nitrogen and oxygen atoms in total. The number of rotatable bonds is 4. The first-order valence-electron chi connectivity index (χ1n) is 7.07. The molecule has 0 saturated heterocycles. The van der Waals surface area contributed by atoms with Gasteiger partial charge in [-0.1, -0.05) is 18.2 Å². The van der Waals surface area contributed by atoms with Crippen molar-refractivity contribution in [2.24, 2.45) is 0 Å². The Labute approximate surface area is 133 Å². The van der Waals surface area contributed by atoms with Gasteiger partial charge in [-0.3, -0.25) is 9.59 Å². The minimum absolute atomic E-state index is 0.231. The number of halogens is 3. The van der Waals surface area contributed by atoms with Crippen LogP contribution in [0.2, 0.25) is 0 Å². The Morgan fingerprint density at radius 2 is 1.65 bits per heavy atom. The van der Waals surface area contributed by atoms with Crippen molar-refractivity contribution in [2.45, 2.75) is 38.4 Å². The molecule has 2 amide bonds. The van der Waals surface area contributed by atoms with E-state index in [1.807, 2.05) is 0 Å². The summed E-state index contributed by atoms with van der Waals surface area (Å²) >= 11 is 0. The van der Waals surface area contributed by atoms with Crippen LogP contribution in [0.3, 0.4) is 0 Å². The zero-order valence-electron chi connectivity index (χ0n) is 13.8. The first-order valence-corrected chi connectivity index (χ1v) is 7.07. The largest absolute Gasteiger partial charge is 0.416 e. The molecule has 0 bridgehead atoms. The molecule has 1 rings (SSSR count). The minimum atomic E-state index is -4.48. The second kappa shape index (κ2) is 6.60. The van der Waals surface area contributed by atoms with E-state index in [1.165, 1.54) is 37.8 Å². The number of amides is 2. The van der Waals surface area contributed by atoms with E-state index in [0.717, 1.165) is 12.1 Å². The van der Waals surface area contributed by atoms with Crippen LogP contribution in [-0.4, -0.2) is 36.9 Å². The summed E-state index contributed by atoms with van der Waals surface area (Å²) in [5.41, 5.74) is -1.79. The molecule has 1 atom stereocenters. The number of carbonyl (C=O) groups excluding carboxylic acids is 2.